The number of amides is 2. The SMILES string of the molecule is Cc1ccsc1CC1CN=C(CNC(=O)[C@H](O)[C@@H](O)C(=O)N2CCCC2c2ccccc2)S1. The lowest BCUT2D eigenvalue weighted by atomic mass is 10.0. The summed E-state index contributed by atoms with van der Waals surface area (Å²) >= 11 is 3.37. The van der Waals surface area contributed by atoms with Crippen LogP contribution in [0.15, 0.2) is 46.8 Å². The molecule has 33 heavy (non-hydrogen) atoms. The van der Waals surface area contributed by atoms with Crippen LogP contribution in [0.5, 0.6) is 0 Å². The molecule has 1 aromatic carbocycles. The van der Waals surface area contributed by atoms with Gasteiger partial charge in [-0.15, -0.1) is 23.1 Å². The minimum absolute atomic E-state index is 0.156. The van der Waals surface area contributed by atoms with Crippen molar-refractivity contribution in [3.05, 3.63) is 57.8 Å². The van der Waals surface area contributed by atoms with Crippen molar-refractivity contribution in [3.63, 3.8) is 0 Å². The number of thioether (sulfide) groups is 1. The second-order valence-corrected chi connectivity index (χ2v) is 10.8. The Bertz CT molecular complexity index is 1010. The van der Waals surface area contributed by atoms with Gasteiger partial charge in [0, 0.05) is 16.7 Å². The van der Waals surface area contributed by atoms with Crippen LogP contribution in [0.25, 0.3) is 0 Å². The van der Waals surface area contributed by atoms with Crippen molar-refractivity contribution < 1.29 is 19.8 Å². The molecule has 0 spiro atoms. The third kappa shape index (κ3) is 5.66. The Morgan fingerprint density at radius 3 is 2.73 bits per heavy atom. The number of thiophene rings is 1. The van der Waals surface area contributed by atoms with Gasteiger partial charge in [0.15, 0.2) is 12.2 Å². The second kappa shape index (κ2) is 10.8. The number of likely N-dealkylation sites (tertiary alicyclic amines) is 1. The van der Waals surface area contributed by atoms with E-state index in [9.17, 15) is 19.8 Å². The van der Waals surface area contributed by atoms with Crippen molar-refractivity contribution in [2.45, 2.75) is 49.7 Å². The lowest BCUT2D eigenvalue weighted by Gasteiger charge is -2.28. The molecule has 0 saturated carbocycles. The molecule has 0 radical (unpaired) electrons. The minimum atomic E-state index is -1.83. The zero-order valence-corrected chi connectivity index (χ0v) is 20.1. The average molecular weight is 488 g/mol. The van der Waals surface area contributed by atoms with Crippen LogP contribution in [0, 0.1) is 6.92 Å². The van der Waals surface area contributed by atoms with Gasteiger partial charge in [0.05, 0.1) is 24.2 Å². The van der Waals surface area contributed by atoms with E-state index in [1.807, 2.05) is 30.3 Å². The number of aryl methyl sites for hydroxylation is 1. The third-order valence-corrected chi connectivity index (χ3v) is 8.35. The Morgan fingerprint density at radius 2 is 2.00 bits per heavy atom. The molecule has 2 unspecified atom stereocenters. The molecule has 3 N–H and O–H groups in total. The zero-order valence-electron chi connectivity index (χ0n) is 18.5. The number of hydrogen-bond donors (Lipinski definition) is 3. The molecule has 4 rings (SSSR count). The quantitative estimate of drug-likeness (QED) is 0.530. The van der Waals surface area contributed by atoms with Gasteiger partial charge < -0.3 is 20.4 Å². The number of rotatable bonds is 8. The van der Waals surface area contributed by atoms with Crippen LogP contribution >= 0.6 is 23.1 Å². The molecule has 1 fully saturated rings. The normalized spacial score (nSPS) is 22.2. The molecule has 1 saturated heterocycles. The molecule has 2 aromatic rings. The van der Waals surface area contributed by atoms with Gasteiger partial charge in [-0.1, -0.05) is 30.3 Å². The zero-order chi connectivity index (χ0) is 23.4. The predicted molar refractivity (Wildman–Crippen MR) is 132 cm³/mol. The highest BCUT2D eigenvalue weighted by Crippen LogP contribution is 2.32. The molecule has 0 bridgehead atoms. The van der Waals surface area contributed by atoms with Crippen molar-refractivity contribution in [1.82, 2.24) is 10.2 Å². The van der Waals surface area contributed by atoms with Crippen LogP contribution in [-0.2, 0) is 16.0 Å². The predicted octanol–water partition coefficient (Wildman–Crippen LogP) is 2.31. The molecule has 2 amide bonds. The first-order valence-electron chi connectivity index (χ1n) is 11.2. The number of aliphatic hydroxyl groups is 2. The molecule has 9 heteroatoms. The first-order chi connectivity index (χ1) is 15.9. The van der Waals surface area contributed by atoms with E-state index in [-0.39, 0.29) is 12.6 Å². The van der Waals surface area contributed by atoms with Crippen LogP contribution in [0.1, 0.15) is 34.9 Å². The number of carbonyl (C=O) groups excluding carboxylic acids is 2. The van der Waals surface area contributed by atoms with Crippen LogP contribution in [-0.4, -0.2) is 69.1 Å². The van der Waals surface area contributed by atoms with E-state index in [0.29, 0.717) is 18.3 Å². The minimum Gasteiger partial charge on any atom is -0.380 e. The highest BCUT2D eigenvalue weighted by Gasteiger charge is 2.38. The topological polar surface area (TPSA) is 102 Å². The Balaban J connectivity index is 1.26. The summed E-state index contributed by atoms with van der Waals surface area (Å²) in [5.74, 6) is -1.39. The summed E-state index contributed by atoms with van der Waals surface area (Å²) in [4.78, 5) is 32.7. The van der Waals surface area contributed by atoms with Gasteiger partial charge in [0.2, 0.25) is 0 Å². The maximum atomic E-state index is 12.9. The lowest BCUT2D eigenvalue weighted by Crippen LogP contribution is -2.51. The van der Waals surface area contributed by atoms with Gasteiger partial charge in [-0.3, -0.25) is 14.6 Å². The molecule has 2 aliphatic heterocycles. The number of aliphatic hydroxyl groups excluding tert-OH is 2. The van der Waals surface area contributed by atoms with Gasteiger partial charge in [-0.2, -0.15) is 0 Å². The largest absolute Gasteiger partial charge is 0.380 e. The molecular formula is C24H29N3O4S2. The van der Waals surface area contributed by atoms with Gasteiger partial charge in [0.25, 0.3) is 11.8 Å². The summed E-state index contributed by atoms with van der Waals surface area (Å²) < 4.78 is 0. The van der Waals surface area contributed by atoms with Gasteiger partial charge >= 0.3 is 0 Å². The van der Waals surface area contributed by atoms with Crippen molar-refractivity contribution in [1.29, 1.82) is 0 Å². The van der Waals surface area contributed by atoms with E-state index in [1.54, 1.807) is 28.0 Å². The fraction of sp³-hybridized carbons (Fsp3) is 0.458. The molecule has 7 nitrogen and oxygen atoms in total. The summed E-state index contributed by atoms with van der Waals surface area (Å²) in [6.45, 7) is 3.46. The van der Waals surface area contributed by atoms with E-state index >= 15 is 0 Å². The van der Waals surface area contributed by atoms with Crippen molar-refractivity contribution >= 4 is 40.0 Å². The highest BCUT2D eigenvalue weighted by molar-refractivity contribution is 8.14. The maximum absolute atomic E-state index is 12.9. The summed E-state index contributed by atoms with van der Waals surface area (Å²) in [5, 5.41) is 26.6. The van der Waals surface area contributed by atoms with Crippen LogP contribution in [0.3, 0.4) is 0 Å². The van der Waals surface area contributed by atoms with Gasteiger partial charge in [-0.05, 0) is 48.8 Å². The van der Waals surface area contributed by atoms with Crippen molar-refractivity contribution in [2.75, 3.05) is 19.6 Å². The monoisotopic (exact) mass is 487 g/mol. The highest BCUT2D eigenvalue weighted by atomic mass is 32.2. The smallest absolute Gasteiger partial charge is 0.255 e. The second-order valence-electron chi connectivity index (χ2n) is 8.41. The number of nitrogens with zero attached hydrogens (tertiary/aromatic N) is 2. The molecule has 3 heterocycles. The van der Waals surface area contributed by atoms with Gasteiger partial charge in [0.1, 0.15) is 0 Å². The first kappa shape index (κ1) is 23.9. The number of carbonyl (C=O) groups is 2. The van der Waals surface area contributed by atoms with Crippen LogP contribution in [0.2, 0.25) is 0 Å². The summed E-state index contributed by atoms with van der Waals surface area (Å²) in [5.41, 5.74) is 2.27. The van der Waals surface area contributed by atoms with Gasteiger partial charge in [-0.25, -0.2) is 0 Å². The Morgan fingerprint density at radius 1 is 1.21 bits per heavy atom. The fourth-order valence-electron chi connectivity index (χ4n) is 4.26. The maximum Gasteiger partial charge on any atom is 0.255 e. The number of nitrogens with one attached hydrogen (secondary N) is 1. The lowest BCUT2D eigenvalue weighted by molar-refractivity contribution is -0.153. The number of benzene rings is 1. The average Bonchev–Trinajstić information content (AvgIpc) is 3.59. The molecule has 1 aromatic heterocycles. The molecule has 2 aliphatic rings. The van der Waals surface area contributed by atoms with E-state index in [0.717, 1.165) is 29.9 Å². The number of hydrogen-bond acceptors (Lipinski definition) is 7. The van der Waals surface area contributed by atoms with Crippen molar-refractivity contribution in [3.8, 4) is 0 Å². The standard InChI is InChI=1S/C24H29N3O4S2/c1-15-9-11-32-19(15)12-17-13-25-20(33-17)14-26-23(30)21(28)22(29)24(31)27-10-5-8-18(27)16-6-3-2-4-7-16/h2-4,6-7,9,11,17-18,21-22,28-29H,5,8,10,12-14H2,1H3,(H,26,30)/t17?,18?,21-,22-/m1/s1. The van der Waals surface area contributed by atoms with Crippen molar-refractivity contribution in [2.24, 2.45) is 4.99 Å². The Hall–Kier alpha value is -2.20. The molecule has 0 aliphatic carbocycles. The molecule has 4 atom stereocenters. The van der Waals surface area contributed by atoms with E-state index in [4.69, 9.17) is 0 Å². The summed E-state index contributed by atoms with van der Waals surface area (Å²) in [6.07, 6.45) is -1.10. The van der Waals surface area contributed by atoms with E-state index in [2.05, 4.69) is 28.7 Å². The van der Waals surface area contributed by atoms with Crippen LogP contribution < -0.4 is 5.32 Å². The number of aliphatic imine (C=N–C) groups is 1. The first-order valence-corrected chi connectivity index (χ1v) is 12.9. The summed E-state index contributed by atoms with van der Waals surface area (Å²) in [6, 6.07) is 11.6. The van der Waals surface area contributed by atoms with E-state index in [1.165, 1.54) is 10.4 Å². The molecular weight excluding hydrogens is 458 g/mol. The third-order valence-electron chi connectivity index (χ3n) is 6.11. The summed E-state index contributed by atoms with van der Waals surface area (Å²) in [7, 11) is 0. The Kier molecular flexibility index (Phi) is 7.85. The molecule has 176 valence electrons. The Labute approximate surface area is 201 Å². The fourth-order valence-corrected chi connectivity index (χ4v) is 6.44. The van der Waals surface area contributed by atoms with Crippen LogP contribution in [0.4, 0.5) is 0 Å². The van der Waals surface area contributed by atoms with E-state index < -0.39 is 24.0 Å².